The first-order valence-electron chi connectivity index (χ1n) is 5.35. The molecule has 0 unspecified atom stereocenters. The monoisotopic (exact) mass is 316 g/mol. The van der Waals surface area contributed by atoms with Crippen molar-refractivity contribution in [2.75, 3.05) is 0 Å². The fourth-order valence-electron chi connectivity index (χ4n) is 1.30. The molecule has 1 nitrogen and oxygen atoms in total. The van der Waals surface area contributed by atoms with Crippen LogP contribution in [0.4, 0.5) is 25.2 Å². The summed E-state index contributed by atoms with van der Waals surface area (Å²) in [6.07, 6.45) is 4.38. The van der Waals surface area contributed by atoms with Crippen LogP contribution in [0.25, 0.3) is 0 Å². The van der Waals surface area contributed by atoms with Gasteiger partial charge in [-0.2, -0.15) is 0 Å². The number of rotatable bonds is 2. The Morgan fingerprint density at radius 2 is 1.10 bits per heavy atom. The normalized spacial score (nSPS) is 14.5. The Kier molecular flexibility index (Phi) is 4.15. The number of benzene rings is 1. The SMILES string of the molecule is F[P-](F)(F)(F)(F)F.c1ccc(Cc2cc[o+]cc2)cc1. The Bertz CT molecular complexity index is 489. The summed E-state index contributed by atoms with van der Waals surface area (Å²) in [6.45, 7) is 0. The van der Waals surface area contributed by atoms with Gasteiger partial charge < -0.3 is 0 Å². The van der Waals surface area contributed by atoms with Crippen molar-refractivity contribution in [3.63, 3.8) is 0 Å². The molecule has 0 radical (unpaired) electrons. The Labute approximate surface area is 111 Å². The molecule has 0 amide bonds. The van der Waals surface area contributed by atoms with E-state index >= 15 is 0 Å². The van der Waals surface area contributed by atoms with Crippen LogP contribution in [0.1, 0.15) is 11.1 Å². The molecular weight excluding hydrogens is 305 g/mol. The molecule has 2 aromatic rings. The van der Waals surface area contributed by atoms with Crippen LogP contribution in [0.15, 0.2) is 59.4 Å². The topological polar surface area (TPSA) is 11.3 Å². The second-order valence-electron chi connectivity index (χ2n) is 3.94. The minimum Gasteiger partial charge on any atom is -0.224 e. The number of hydrogen-bond donors (Lipinski definition) is 0. The van der Waals surface area contributed by atoms with E-state index in [-0.39, 0.29) is 0 Å². The fourth-order valence-corrected chi connectivity index (χ4v) is 1.30. The van der Waals surface area contributed by atoms with Gasteiger partial charge in [-0.3, -0.25) is 0 Å². The molecule has 0 aliphatic rings. The van der Waals surface area contributed by atoms with Gasteiger partial charge in [0, 0.05) is 12.1 Å². The molecule has 8 heteroatoms. The minimum absolute atomic E-state index is 0.969. The van der Waals surface area contributed by atoms with E-state index < -0.39 is 7.81 Å². The molecule has 1 aromatic heterocycles. The van der Waals surface area contributed by atoms with Crippen LogP contribution in [-0.2, 0) is 6.42 Å². The van der Waals surface area contributed by atoms with Gasteiger partial charge >= 0.3 is 45.5 Å². The summed E-state index contributed by atoms with van der Waals surface area (Å²) in [4.78, 5) is 0. The van der Waals surface area contributed by atoms with Crippen LogP contribution in [0.3, 0.4) is 0 Å². The molecule has 112 valence electrons. The van der Waals surface area contributed by atoms with Gasteiger partial charge in [0.25, 0.3) is 0 Å². The molecule has 0 N–H and O–H groups in total. The summed E-state index contributed by atoms with van der Waals surface area (Å²) < 4.78 is 64.1. The van der Waals surface area contributed by atoms with Gasteiger partial charge in [0.05, 0.1) is 0 Å². The van der Waals surface area contributed by atoms with Gasteiger partial charge in [-0.15, -0.1) is 0 Å². The Morgan fingerprint density at radius 3 is 1.55 bits per heavy atom. The Hall–Kier alpha value is -1.62. The first-order valence-corrected chi connectivity index (χ1v) is 7.38. The fraction of sp³-hybridized carbons (Fsp3) is 0.0833. The van der Waals surface area contributed by atoms with Gasteiger partial charge in [0.2, 0.25) is 0 Å². The van der Waals surface area contributed by atoms with E-state index in [9.17, 15) is 25.2 Å². The van der Waals surface area contributed by atoms with Crippen molar-refractivity contribution in [2.45, 2.75) is 6.42 Å². The maximum absolute atomic E-state index is 10.7. The van der Waals surface area contributed by atoms with Crippen LogP contribution in [0.5, 0.6) is 0 Å². The number of hydrogen-bond acceptors (Lipinski definition) is 0. The molecule has 0 saturated carbocycles. The molecular formula is C12H11F6OP. The summed E-state index contributed by atoms with van der Waals surface area (Å²) in [7, 11) is -10.7. The first-order chi connectivity index (χ1) is 8.90. The zero-order valence-corrected chi connectivity index (χ0v) is 10.9. The molecule has 0 bridgehead atoms. The van der Waals surface area contributed by atoms with Gasteiger partial charge in [0.15, 0.2) is 0 Å². The predicted molar refractivity (Wildman–Crippen MR) is 65.9 cm³/mol. The van der Waals surface area contributed by atoms with Crippen molar-refractivity contribution < 1.29 is 29.6 Å². The smallest absolute Gasteiger partial charge is 0.224 e. The van der Waals surface area contributed by atoms with Crippen molar-refractivity contribution in [2.24, 2.45) is 0 Å². The van der Waals surface area contributed by atoms with Crippen molar-refractivity contribution in [3.8, 4) is 0 Å². The Balaban J connectivity index is 0.000000246. The van der Waals surface area contributed by atoms with E-state index in [1.54, 1.807) is 12.5 Å². The van der Waals surface area contributed by atoms with E-state index in [0.29, 0.717) is 0 Å². The molecule has 0 aliphatic heterocycles. The third-order valence-corrected chi connectivity index (χ3v) is 1.97. The summed E-state index contributed by atoms with van der Waals surface area (Å²) in [6, 6.07) is 14.4. The van der Waals surface area contributed by atoms with Crippen LogP contribution < -0.4 is 0 Å². The van der Waals surface area contributed by atoms with Crippen LogP contribution in [-0.4, -0.2) is 0 Å². The van der Waals surface area contributed by atoms with E-state index in [0.717, 1.165) is 6.42 Å². The average Bonchev–Trinajstić information content (AvgIpc) is 2.27. The molecule has 1 aromatic carbocycles. The third-order valence-electron chi connectivity index (χ3n) is 1.97. The number of halogens is 6. The second-order valence-corrected chi connectivity index (χ2v) is 5.85. The van der Waals surface area contributed by atoms with Gasteiger partial charge in [-0.25, -0.2) is 4.42 Å². The zero-order valence-electron chi connectivity index (χ0n) is 10.0. The molecule has 0 atom stereocenters. The van der Waals surface area contributed by atoms with E-state index in [2.05, 4.69) is 24.3 Å². The maximum Gasteiger partial charge on any atom is 0.318 e. The average molecular weight is 316 g/mol. The molecule has 0 saturated heterocycles. The second kappa shape index (κ2) is 5.05. The van der Waals surface area contributed by atoms with E-state index in [4.69, 9.17) is 4.42 Å². The van der Waals surface area contributed by atoms with Crippen molar-refractivity contribution in [3.05, 3.63) is 66.1 Å². The molecule has 1 heterocycles. The summed E-state index contributed by atoms with van der Waals surface area (Å²) in [5.74, 6) is 0. The molecule has 0 aliphatic carbocycles. The minimum atomic E-state index is -10.7. The van der Waals surface area contributed by atoms with E-state index in [1.165, 1.54) is 11.1 Å². The quantitative estimate of drug-likeness (QED) is 0.348. The predicted octanol–water partition coefficient (Wildman–Crippen LogP) is 6.53. The molecule has 2 rings (SSSR count). The van der Waals surface area contributed by atoms with Gasteiger partial charge in [-0.1, -0.05) is 30.3 Å². The maximum atomic E-state index is 9.87. The Morgan fingerprint density at radius 1 is 0.700 bits per heavy atom. The van der Waals surface area contributed by atoms with Crippen LogP contribution in [0, 0.1) is 0 Å². The van der Waals surface area contributed by atoms with Crippen LogP contribution in [0.2, 0.25) is 0 Å². The van der Waals surface area contributed by atoms with Gasteiger partial charge in [0.1, 0.15) is 0 Å². The standard InChI is InChI=1S/C12H11O.F6P/c1-2-4-11(5-3-1)10-12-6-8-13-9-7-12;1-7(2,3,4,5)6/h1-9H,10H2;/q+1;-1. The molecule has 0 spiro atoms. The van der Waals surface area contributed by atoms with Crippen molar-refractivity contribution in [1.82, 2.24) is 0 Å². The molecule has 20 heavy (non-hydrogen) atoms. The van der Waals surface area contributed by atoms with E-state index in [1.807, 2.05) is 18.2 Å². The summed E-state index contributed by atoms with van der Waals surface area (Å²) >= 11 is 0. The van der Waals surface area contributed by atoms with Crippen molar-refractivity contribution in [1.29, 1.82) is 0 Å². The summed E-state index contributed by atoms with van der Waals surface area (Å²) in [5.41, 5.74) is 2.60. The molecule has 0 fully saturated rings. The largest absolute Gasteiger partial charge is 0.318 e. The first kappa shape index (κ1) is 16.4. The van der Waals surface area contributed by atoms with Gasteiger partial charge in [-0.05, 0) is 17.5 Å². The third kappa shape index (κ3) is 11.5. The van der Waals surface area contributed by atoms with Crippen LogP contribution >= 0.6 is 7.81 Å². The summed E-state index contributed by atoms with van der Waals surface area (Å²) in [5, 5.41) is 0. The zero-order chi connectivity index (χ0) is 15.3. The van der Waals surface area contributed by atoms with Crippen molar-refractivity contribution >= 4 is 7.81 Å².